The lowest BCUT2D eigenvalue weighted by Crippen LogP contribution is -2.28. The summed E-state index contributed by atoms with van der Waals surface area (Å²) in [4.78, 5) is 36.3. The summed E-state index contributed by atoms with van der Waals surface area (Å²) >= 11 is 0. The van der Waals surface area contributed by atoms with Gasteiger partial charge in [0.1, 0.15) is 0 Å². The fourth-order valence-electron chi connectivity index (χ4n) is 2.13. The zero-order valence-corrected chi connectivity index (χ0v) is 10.2. The van der Waals surface area contributed by atoms with Crippen molar-refractivity contribution in [1.82, 2.24) is 4.90 Å². The van der Waals surface area contributed by atoms with E-state index >= 15 is 0 Å². The SMILES string of the molecule is O=C(O)c1ccc2c(c1)C(=O)N(Cc1ccoc1)C2=O. The molecule has 2 heterocycles. The highest BCUT2D eigenvalue weighted by molar-refractivity contribution is 6.21. The third-order valence-corrected chi connectivity index (χ3v) is 3.14. The molecule has 2 aromatic rings. The molecule has 0 radical (unpaired) electrons. The van der Waals surface area contributed by atoms with Gasteiger partial charge in [0.15, 0.2) is 0 Å². The highest BCUT2D eigenvalue weighted by Crippen LogP contribution is 2.25. The van der Waals surface area contributed by atoms with E-state index in [4.69, 9.17) is 9.52 Å². The molecule has 100 valence electrons. The molecule has 0 spiro atoms. The number of carbonyl (C=O) groups is 3. The lowest BCUT2D eigenvalue weighted by Gasteiger charge is -2.11. The molecule has 0 bridgehead atoms. The van der Waals surface area contributed by atoms with Crippen LogP contribution in [-0.4, -0.2) is 27.8 Å². The normalized spacial score (nSPS) is 13.7. The molecule has 6 heteroatoms. The van der Waals surface area contributed by atoms with Gasteiger partial charge in [0.2, 0.25) is 0 Å². The highest BCUT2D eigenvalue weighted by Gasteiger charge is 2.36. The van der Waals surface area contributed by atoms with Gasteiger partial charge in [-0.2, -0.15) is 0 Å². The Balaban J connectivity index is 1.97. The Morgan fingerprint density at radius 2 is 1.90 bits per heavy atom. The number of carboxylic acids is 1. The summed E-state index contributed by atoms with van der Waals surface area (Å²) in [6, 6.07) is 5.57. The summed E-state index contributed by atoms with van der Waals surface area (Å²) in [5.41, 5.74) is 1.02. The van der Waals surface area contributed by atoms with Gasteiger partial charge in [0.05, 0.1) is 35.8 Å². The van der Waals surface area contributed by atoms with Crippen LogP contribution in [0.25, 0.3) is 0 Å². The van der Waals surface area contributed by atoms with Crippen molar-refractivity contribution in [3.05, 3.63) is 59.0 Å². The largest absolute Gasteiger partial charge is 0.478 e. The fraction of sp³-hybridized carbons (Fsp3) is 0.0714. The van der Waals surface area contributed by atoms with Crippen LogP contribution in [0.2, 0.25) is 0 Å². The maximum Gasteiger partial charge on any atom is 0.335 e. The van der Waals surface area contributed by atoms with Crippen molar-refractivity contribution < 1.29 is 23.9 Å². The van der Waals surface area contributed by atoms with Gasteiger partial charge in [0.25, 0.3) is 11.8 Å². The van der Waals surface area contributed by atoms with Crippen LogP contribution >= 0.6 is 0 Å². The number of imide groups is 1. The molecule has 0 fully saturated rings. The van der Waals surface area contributed by atoms with Gasteiger partial charge in [-0.25, -0.2) is 4.79 Å². The van der Waals surface area contributed by atoms with E-state index in [1.54, 1.807) is 6.07 Å². The number of hydrogen-bond donors (Lipinski definition) is 1. The number of furan rings is 1. The standard InChI is InChI=1S/C14H9NO5/c16-12-10-2-1-9(14(18)19)5-11(10)13(17)15(12)6-8-3-4-20-7-8/h1-5,7H,6H2,(H,18,19). The minimum atomic E-state index is -1.14. The molecular weight excluding hydrogens is 262 g/mol. The maximum atomic E-state index is 12.2. The third kappa shape index (κ3) is 1.78. The number of carbonyl (C=O) groups excluding carboxylic acids is 2. The minimum Gasteiger partial charge on any atom is -0.478 e. The first-order valence-corrected chi connectivity index (χ1v) is 5.82. The van der Waals surface area contributed by atoms with Crippen LogP contribution in [0.3, 0.4) is 0 Å². The molecule has 1 N–H and O–H groups in total. The van der Waals surface area contributed by atoms with Crippen molar-refractivity contribution in [2.24, 2.45) is 0 Å². The molecule has 2 amide bonds. The van der Waals surface area contributed by atoms with Crippen LogP contribution in [0.4, 0.5) is 0 Å². The van der Waals surface area contributed by atoms with E-state index in [1.165, 1.54) is 30.7 Å². The zero-order chi connectivity index (χ0) is 14.3. The Morgan fingerprint density at radius 1 is 1.15 bits per heavy atom. The number of aromatic carboxylic acids is 1. The zero-order valence-electron chi connectivity index (χ0n) is 10.2. The second-order valence-electron chi connectivity index (χ2n) is 4.39. The van der Waals surface area contributed by atoms with E-state index in [-0.39, 0.29) is 23.2 Å². The molecular formula is C14H9NO5. The van der Waals surface area contributed by atoms with Gasteiger partial charge in [-0.05, 0) is 24.3 Å². The molecule has 1 aromatic heterocycles. The van der Waals surface area contributed by atoms with E-state index in [9.17, 15) is 14.4 Å². The molecule has 0 unspecified atom stereocenters. The van der Waals surface area contributed by atoms with Crippen LogP contribution in [0.15, 0.2) is 41.2 Å². The average molecular weight is 271 g/mol. The second kappa shape index (κ2) is 4.34. The molecule has 1 aromatic carbocycles. The Morgan fingerprint density at radius 3 is 2.55 bits per heavy atom. The highest BCUT2D eigenvalue weighted by atomic mass is 16.4. The van der Waals surface area contributed by atoms with E-state index in [2.05, 4.69) is 0 Å². The van der Waals surface area contributed by atoms with E-state index in [0.29, 0.717) is 5.56 Å². The van der Waals surface area contributed by atoms with E-state index in [0.717, 1.165) is 4.90 Å². The van der Waals surface area contributed by atoms with Crippen molar-refractivity contribution in [1.29, 1.82) is 0 Å². The molecule has 0 saturated carbocycles. The van der Waals surface area contributed by atoms with Gasteiger partial charge in [0, 0.05) is 5.56 Å². The second-order valence-corrected chi connectivity index (χ2v) is 4.39. The Labute approximate surface area is 113 Å². The van der Waals surface area contributed by atoms with Crippen LogP contribution in [0.1, 0.15) is 36.6 Å². The molecule has 6 nitrogen and oxygen atoms in total. The number of fused-ring (bicyclic) bond motifs is 1. The third-order valence-electron chi connectivity index (χ3n) is 3.14. The van der Waals surface area contributed by atoms with Gasteiger partial charge in [-0.1, -0.05) is 0 Å². The van der Waals surface area contributed by atoms with Crippen molar-refractivity contribution in [2.75, 3.05) is 0 Å². The average Bonchev–Trinajstić information content (AvgIpc) is 3.02. The van der Waals surface area contributed by atoms with E-state index < -0.39 is 17.8 Å². The van der Waals surface area contributed by atoms with Crippen LogP contribution in [0, 0.1) is 0 Å². The predicted molar refractivity (Wildman–Crippen MR) is 66.3 cm³/mol. The smallest absolute Gasteiger partial charge is 0.335 e. The Kier molecular flexibility index (Phi) is 2.64. The summed E-state index contributed by atoms with van der Waals surface area (Å²) in [5.74, 6) is -2.06. The van der Waals surface area contributed by atoms with Crippen LogP contribution in [-0.2, 0) is 6.54 Å². The summed E-state index contributed by atoms with van der Waals surface area (Å²) in [7, 11) is 0. The van der Waals surface area contributed by atoms with E-state index in [1.807, 2.05) is 0 Å². The monoisotopic (exact) mass is 271 g/mol. The van der Waals surface area contributed by atoms with Crippen LogP contribution in [0.5, 0.6) is 0 Å². The Bertz CT molecular complexity index is 717. The quantitative estimate of drug-likeness (QED) is 0.859. The molecule has 20 heavy (non-hydrogen) atoms. The predicted octanol–water partition coefficient (Wildman–Crippen LogP) is 1.77. The number of hydrogen-bond acceptors (Lipinski definition) is 4. The molecule has 3 rings (SSSR count). The number of benzene rings is 1. The lowest BCUT2D eigenvalue weighted by molar-refractivity contribution is 0.0640. The first-order chi connectivity index (χ1) is 9.58. The first kappa shape index (κ1) is 12.2. The van der Waals surface area contributed by atoms with Crippen molar-refractivity contribution in [3.63, 3.8) is 0 Å². The Hall–Kier alpha value is -2.89. The first-order valence-electron chi connectivity index (χ1n) is 5.82. The number of rotatable bonds is 3. The summed E-state index contributed by atoms with van der Waals surface area (Å²) in [6.07, 6.45) is 2.91. The summed E-state index contributed by atoms with van der Waals surface area (Å²) in [5, 5.41) is 8.92. The van der Waals surface area contributed by atoms with Crippen molar-refractivity contribution in [2.45, 2.75) is 6.54 Å². The van der Waals surface area contributed by atoms with Gasteiger partial charge in [-0.15, -0.1) is 0 Å². The molecule has 0 aliphatic carbocycles. The molecule has 1 aliphatic heterocycles. The van der Waals surface area contributed by atoms with Crippen molar-refractivity contribution in [3.8, 4) is 0 Å². The van der Waals surface area contributed by atoms with Crippen LogP contribution < -0.4 is 0 Å². The molecule has 0 saturated heterocycles. The van der Waals surface area contributed by atoms with Crippen molar-refractivity contribution >= 4 is 17.8 Å². The minimum absolute atomic E-state index is 0.0185. The summed E-state index contributed by atoms with van der Waals surface area (Å²) in [6.45, 7) is 0.102. The maximum absolute atomic E-state index is 12.2. The topological polar surface area (TPSA) is 87.8 Å². The van der Waals surface area contributed by atoms with Gasteiger partial charge < -0.3 is 9.52 Å². The number of nitrogens with zero attached hydrogens (tertiary/aromatic N) is 1. The van der Waals surface area contributed by atoms with Gasteiger partial charge in [-0.3, -0.25) is 14.5 Å². The molecule has 0 atom stereocenters. The van der Waals surface area contributed by atoms with Gasteiger partial charge >= 0.3 is 5.97 Å². The summed E-state index contributed by atoms with van der Waals surface area (Å²) < 4.78 is 4.90. The molecule has 1 aliphatic rings. The number of carboxylic acid groups (broad SMARTS) is 1. The fourth-order valence-corrected chi connectivity index (χ4v) is 2.13. The lowest BCUT2D eigenvalue weighted by atomic mass is 10.1. The number of amides is 2.